The third kappa shape index (κ3) is 3.95. The summed E-state index contributed by atoms with van der Waals surface area (Å²) in [4.78, 5) is 16.4. The average Bonchev–Trinajstić information content (AvgIpc) is 2.53. The molecule has 2 aromatic rings. The monoisotopic (exact) mass is 285 g/mol. The SMILES string of the molecule is CCNc1cccc(C(=O)NCc2ccccc2OC)n1. The highest BCUT2D eigenvalue weighted by molar-refractivity contribution is 5.92. The van der Waals surface area contributed by atoms with Crippen LogP contribution in [0.15, 0.2) is 42.5 Å². The summed E-state index contributed by atoms with van der Waals surface area (Å²) in [6, 6.07) is 12.9. The van der Waals surface area contributed by atoms with E-state index >= 15 is 0 Å². The summed E-state index contributed by atoms with van der Waals surface area (Å²) in [5.74, 6) is 1.25. The summed E-state index contributed by atoms with van der Waals surface area (Å²) in [6.07, 6.45) is 0. The molecule has 0 radical (unpaired) electrons. The molecule has 0 aliphatic rings. The number of hydrogen-bond acceptors (Lipinski definition) is 4. The van der Waals surface area contributed by atoms with Crippen LogP contribution >= 0.6 is 0 Å². The predicted octanol–water partition coefficient (Wildman–Crippen LogP) is 2.45. The van der Waals surface area contributed by atoms with Gasteiger partial charge in [-0.05, 0) is 25.1 Å². The van der Waals surface area contributed by atoms with Crippen molar-refractivity contribution in [2.24, 2.45) is 0 Å². The van der Waals surface area contributed by atoms with Crippen molar-refractivity contribution in [1.29, 1.82) is 0 Å². The van der Waals surface area contributed by atoms with E-state index in [9.17, 15) is 4.79 Å². The molecule has 1 aromatic heterocycles. The number of carbonyl (C=O) groups is 1. The molecule has 1 amide bonds. The summed E-state index contributed by atoms with van der Waals surface area (Å²) < 4.78 is 5.26. The number of amides is 1. The number of para-hydroxylation sites is 1. The number of pyridine rings is 1. The molecule has 1 heterocycles. The Morgan fingerprint density at radius 2 is 2.00 bits per heavy atom. The number of nitrogens with one attached hydrogen (secondary N) is 2. The first kappa shape index (κ1) is 14.8. The van der Waals surface area contributed by atoms with Crippen LogP contribution in [0.4, 0.5) is 5.82 Å². The van der Waals surface area contributed by atoms with Crippen LogP contribution in [0.25, 0.3) is 0 Å². The Morgan fingerprint density at radius 1 is 1.19 bits per heavy atom. The number of carbonyl (C=O) groups excluding carboxylic acids is 1. The summed E-state index contributed by atoms with van der Waals surface area (Å²) in [7, 11) is 1.61. The van der Waals surface area contributed by atoms with E-state index in [2.05, 4.69) is 15.6 Å². The third-order valence-corrected chi connectivity index (χ3v) is 2.97. The van der Waals surface area contributed by atoms with Crippen molar-refractivity contribution < 1.29 is 9.53 Å². The number of hydrogen-bond donors (Lipinski definition) is 2. The molecule has 0 bridgehead atoms. The molecule has 5 heteroatoms. The molecule has 0 saturated carbocycles. The van der Waals surface area contributed by atoms with Gasteiger partial charge in [0.15, 0.2) is 0 Å². The minimum Gasteiger partial charge on any atom is -0.496 e. The van der Waals surface area contributed by atoms with Crippen molar-refractivity contribution in [3.63, 3.8) is 0 Å². The Kier molecular flexibility index (Phi) is 5.15. The topological polar surface area (TPSA) is 63.2 Å². The quantitative estimate of drug-likeness (QED) is 0.855. The van der Waals surface area contributed by atoms with Gasteiger partial charge in [0.25, 0.3) is 5.91 Å². The molecular weight excluding hydrogens is 266 g/mol. The van der Waals surface area contributed by atoms with Crippen LogP contribution in [0, 0.1) is 0 Å². The van der Waals surface area contributed by atoms with Crippen molar-refractivity contribution >= 4 is 11.7 Å². The summed E-state index contributed by atoms with van der Waals surface area (Å²) in [5.41, 5.74) is 1.32. The van der Waals surface area contributed by atoms with Gasteiger partial charge in [0.2, 0.25) is 0 Å². The minimum atomic E-state index is -0.208. The van der Waals surface area contributed by atoms with E-state index in [-0.39, 0.29) is 5.91 Å². The van der Waals surface area contributed by atoms with Crippen LogP contribution in [0.1, 0.15) is 23.0 Å². The fraction of sp³-hybridized carbons (Fsp3) is 0.250. The smallest absolute Gasteiger partial charge is 0.270 e. The van der Waals surface area contributed by atoms with Gasteiger partial charge >= 0.3 is 0 Å². The van der Waals surface area contributed by atoms with Gasteiger partial charge in [0.1, 0.15) is 17.3 Å². The Bertz CT molecular complexity index is 614. The second kappa shape index (κ2) is 7.28. The first-order chi connectivity index (χ1) is 10.2. The molecule has 0 saturated heterocycles. The lowest BCUT2D eigenvalue weighted by Gasteiger charge is -2.10. The zero-order valence-corrected chi connectivity index (χ0v) is 12.2. The van der Waals surface area contributed by atoms with Crippen molar-refractivity contribution in [2.45, 2.75) is 13.5 Å². The molecule has 0 aliphatic heterocycles. The van der Waals surface area contributed by atoms with Crippen molar-refractivity contribution in [3.8, 4) is 5.75 Å². The second-order valence-electron chi connectivity index (χ2n) is 4.43. The number of methoxy groups -OCH3 is 1. The highest BCUT2D eigenvalue weighted by atomic mass is 16.5. The van der Waals surface area contributed by atoms with Gasteiger partial charge in [0.05, 0.1) is 7.11 Å². The standard InChI is InChI=1S/C16H19N3O2/c1-3-17-15-10-6-8-13(19-15)16(20)18-11-12-7-4-5-9-14(12)21-2/h4-10H,3,11H2,1-2H3,(H,17,19)(H,18,20). The van der Waals surface area contributed by atoms with Gasteiger partial charge < -0.3 is 15.4 Å². The minimum absolute atomic E-state index is 0.208. The molecule has 110 valence electrons. The zero-order valence-electron chi connectivity index (χ0n) is 12.2. The Balaban J connectivity index is 2.03. The Labute approximate surface area is 124 Å². The largest absolute Gasteiger partial charge is 0.496 e. The van der Waals surface area contributed by atoms with Crippen LogP contribution in [-0.4, -0.2) is 24.5 Å². The maximum atomic E-state index is 12.1. The number of nitrogens with zero attached hydrogens (tertiary/aromatic N) is 1. The fourth-order valence-electron chi connectivity index (χ4n) is 1.96. The van der Waals surface area contributed by atoms with Crippen LogP contribution < -0.4 is 15.4 Å². The van der Waals surface area contributed by atoms with Crippen LogP contribution in [-0.2, 0) is 6.54 Å². The van der Waals surface area contributed by atoms with Gasteiger partial charge in [-0.15, -0.1) is 0 Å². The van der Waals surface area contributed by atoms with E-state index in [0.29, 0.717) is 18.1 Å². The van der Waals surface area contributed by atoms with Crippen LogP contribution in [0.5, 0.6) is 5.75 Å². The first-order valence-electron chi connectivity index (χ1n) is 6.85. The summed E-state index contributed by atoms with van der Waals surface area (Å²) in [6.45, 7) is 3.14. The second-order valence-corrected chi connectivity index (χ2v) is 4.43. The van der Waals surface area contributed by atoms with Gasteiger partial charge in [-0.2, -0.15) is 0 Å². The molecule has 2 N–H and O–H groups in total. The lowest BCUT2D eigenvalue weighted by molar-refractivity contribution is 0.0946. The van der Waals surface area contributed by atoms with Gasteiger partial charge in [0, 0.05) is 18.7 Å². The maximum absolute atomic E-state index is 12.1. The molecule has 5 nitrogen and oxygen atoms in total. The van der Waals surface area contributed by atoms with E-state index < -0.39 is 0 Å². The molecule has 0 aliphatic carbocycles. The lowest BCUT2D eigenvalue weighted by Crippen LogP contribution is -2.24. The van der Waals surface area contributed by atoms with E-state index in [1.807, 2.05) is 43.3 Å². The van der Waals surface area contributed by atoms with Crippen molar-refractivity contribution in [1.82, 2.24) is 10.3 Å². The van der Waals surface area contributed by atoms with E-state index in [0.717, 1.165) is 17.9 Å². The number of aromatic nitrogens is 1. The third-order valence-electron chi connectivity index (χ3n) is 2.97. The first-order valence-corrected chi connectivity index (χ1v) is 6.85. The highest BCUT2D eigenvalue weighted by Crippen LogP contribution is 2.16. The Hall–Kier alpha value is -2.56. The van der Waals surface area contributed by atoms with Gasteiger partial charge in [-0.1, -0.05) is 24.3 Å². The fourth-order valence-corrected chi connectivity index (χ4v) is 1.96. The van der Waals surface area contributed by atoms with Gasteiger partial charge in [-0.25, -0.2) is 4.98 Å². The number of rotatable bonds is 6. The van der Waals surface area contributed by atoms with E-state index in [4.69, 9.17) is 4.74 Å². The van der Waals surface area contributed by atoms with Crippen molar-refractivity contribution in [3.05, 3.63) is 53.7 Å². The molecule has 0 unspecified atom stereocenters. The molecule has 2 rings (SSSR count). The highest BCUT2D eigenvalue weighted by Gasteiger charge is 2.09. The molecule has 0 fully saturated rings. The maximum Gasteiger partial charge on any atom is 0.270 e. The molecule has 21 heavy (non-hydrogen) atoms. The summed E-state index contributed by atoms with van der Waals surface area (Å²) in [5, 5.41) is 5.93. The van der Waals surface area contributed by atoms with Crippen LogP contribution in [0.3, 0.4) is 0 Å². The van der Waals surface area contributed by atoms with Crippen molar-refractivity contribution in [2.75, 3.05) is 19.0 Å². The van der Waals surface area contributed by atoms with E-state index in [1.165, 1.54) is 0 Å². The number of benzene rings is 1. The number of anilines is 1. The number of ether oxygens (including phenoxy) is 1. The van der Waals surface area contributed by atoms with Crippen LogP contribution in [0.2, 0.25) is 0 Å². The Morgan fingerprint density at radius 3 is 2.76 bits per heavy atom. The zero-order chi connectivity index (χ0) is 15.1. The molecule has 0 spiro atoms. The average molecular weight is 285 g/mol. The lowest BCUT2D eigenvalue weighted by atomic mass is 10.2. The normalized spacial score (nSPS) is 10.0. The molecule has 0 atom stereocenters. The predicted molar refractivity (Wildman–Crippen MR) is 82.6 cm³/mol. The summed E-state index contributed by atoms with van der Waals surface area (Å²) >= 11 is 0. The van der Waals surface area contributed by atoms with E-state index in [1.54, 1.807) is 13.2 Å². The molecule has 1 aromatic carbocycles. The van der Waals surface area contributed by atoms with Gasteiger partial charge in [-0.3, -0.25) is 4.79 Å². The molecular formula is C16H19N3O2.